The number of aromatic nitrogens is 2. The fourth-order valence-electron chi connectivity index (χ4n) is 1.91. The minimum Gasteiger partial charge on any atom is -0.347 e. The molecule has 2 rings (SSSR count). The fourth-order valence-corrected chi connectivity index (χ4v) is 1.91. The number of nitrogens with zero attached hydrogens (tertiary/aromatic N) is 2. The second-order valence-electron chi connectivity index (χ2n) is 4.94. The van der Waals surface area contributed by atoms with Crippen LogP contribution in [0.5, 0.6) is 0 Å². The highest BCUT2D eigenvalue weighted by atomic mass is 19.1. The number of rotatable bonds is 6. The van der Waals surface area contributed by atoms with E-state index in [2.05, 4.69) is 10.4 Å². The molecule has 1 amide bonds. The average Bonchev–Trinajstić information content (AvgIpc) is 2.53. The molecule has 6 heteroatoms. The first-order valence-electron chi connectivity index (χ1n) is 7.21. The molecular weight excluding hydrogens is 285 g/mol. The molecule has 0 atom stereocenters. The van der Waals surface area contributed by atoms with Gasteiger partial charge in [-0.25, -0.2) is 9.07 Å². The minimum atomic E-state index is -0.366. The maximum Gasteiger partial charge on any atom is 0.271 e. The van der Waals surface area contributed by atoms with Crippen LogP contribution in [0, 0.1) is 5.82 Å². The van der Waals surface area contributed by atoms with Gasteiger partial charge in [-0.05, 0) is 30.2 Å². The van der Waals surface area contributed by atoms with Crippen LogP contribution in [-0.2, 0) is 13.1 Å². The topological polar surface area (TPSA) is 64.0 Å². The van der Waals surface area contributed by atoms with Gasteiger partial charge in [0, 0.05) is 19.2 Å². The second kappa shape index (κ2) is 7.49. The first-order chi connectivity index (χ1) is 10.6. The normalized spacial score (nSPS) is 10.5. The summed E-state index contributed by atoms with van der Waals surface area (Å²) >= 11 is 0. The number of carbonyl (C=O) groups is 1. The molecule has 1 heterocycles. The lowest BCUT2D eigenvalue weighted by molar-refractivity contribution is 0.0943. The summed E-state index contributed by atoms with van der Waals surface area (Å²) in [5, 5.41) is 6.77. The molecule has 1 aromatic heterocycles. The lowest BCUT2D eigenvalue weighted by Gasteiger charge is -2.07. The number of amides is 1. The van der Waals surface area contributed by atoms with Crippen LogP contribution < -0.4 is 10.9 Å². The van der Waals surface area contributed by atoms with E-state index < -0.39 is 0 Å². The molecule has 1 N–H and O–H groups in total. The Bertz CT molecular complexity index is 695. The zero-order chi connectivity index (χ0) is 15.9. The van der Waals surface area contributed by atoms with E-state index in [1.807, 2.05) is 6.92 Å². The largest absolute Gasteiger partial charge is 0.347 e. The van der Waals surface area contributed by atoms with E-state index in [1.54, 1.807) is 12.1 Å². The van der Waals surface area contributed by atoms with Gasteiger partial charge < -0.3 is 5.32 Å². The van der Waals surface area contributed by atoms with E-state index in [-0.39, 0.29) is 29.5 Å². The Balaban J connectivity index is 2.02. The summed E-state index contributed by atoms with van der Waals surface area (Å²) in [7, 11) is 0. The zero-order valence-electron chi connectivity index (χ0n) is 12.4. The van der Waals surface area contributed by atoms with E-state index in [4.69, 9.17) is 0 Å². The molecule has 0 fully saturated rings. The average molecular weight is 303 g/mol. The number of hydrogen-bond donors (Lipinski definition) is 1. The van der Waals surface area contributed by atoms with Crippen LogP contribution in [-0.4, -0.2) is 15.7 Å². The molecule has 0 unspecified atom stereocenters. The van der Waals surface area contributed by atoms with Crippen molar-refractivity contribution in [3.8, 4) is 0 Å². The summed E-state index contributed by atoms with van der Waals surface area (Å²) in [6, 6.07) is 8.63. The fraction of sp³-hybridized carbons (Fsp3) is 0.312. The molecule has 5 nitrogen and oxygen atoms in total. The van der Waals surface area contributed by atoms with Gasteiger partial charge in [-0.2, -0.15) is 5.10 Å². The third kappa shape index (κ3) is 4.25. The van der Waals surface area contributed by atoms with Crippen LogP contribution in [0.4, 0.5) is 4.39 Å². The number of halogens is 1. The summed E-state index contributed by atoms with van der Waals surface area (Å²) in [5.41, 5.74) is 0.760. The monoisotopic (exact) mass is 303 g/mol. The van der Waals surface area contributed by atoms with E-state index in [0.29, 0.717) is 6.54 Å². The van der Waals surface area contributed by atoms with Gasteiger partial charge in [0.1, 0.15) is 11.5 Å². The highest BCUT2D eigenvalue weighted by Crippen LogP contribution is 2.02. The smallest absolute Gasteiger partial charge is 0.271 e. The first-order valence-corrected chi connectivity index (χ1v) is 7.21. The van der Waals surface area contributed by atoms with Crippen molar-refractivity contribution in [2.24, 2.45) is 0 Å². The second-order valence-corrected chi connectivity index (χ2v) is 4.94. The standard InChI is InChI=1S/C16H18FN3O2/c1-2-3-10-20-15(21)9-8-14(19-20)16(22)18-11-12-4-6-13(17)7-5-12/h4-9H,2-3,10-11H2,1H3,(H,18,22). The quantitative estimate of drug-likeness (QED) is 0.889. The Labute approximate surface area is 127 Å². The van der Waals surface area contributed by atoms with Crippen LogP contribution in [0.2, 0.25) is 0 Å². The summed E-state index contributed by atoms with van der Waals surface area (Å²) in [6.07, 6.45) is 1.77. The van der Waals surface area contributed by atoms with Crippen LogP contribution in [0.3, 0.4) is 0 Å². The predicted molar refractivity (Wildman–Crippen MR) is 81.0 cm³/mol. The molecule has 0 aliphatic rings. The number of aryl methyl sites for hydroxylation is 1. The molecule has 0 saturated carbocycles. The SMILES string of the molecule is CCCCn1nc(C(=O)NCc2ccc(F)cc2)ccc1=O. The lowest BCUT2D eigenvalue weighted by atomic mass is 10.2. The highest BCUT2D eigenvalue weighted by Gasteiger charge is 2.09. The van der Waals surface area contributed by atoms with Gasteiger partial charge in [0.05, 0.1) is 0 Å². The number of benzene rings is 1. The predicted octanol–water partition coefficient (Wildman–Crippen LogP) is 2.11. The van der Waals surface area contributed by atoms with Crippen LogP contribution >= 0.6 is 0 Å². The maximum absolute atomic E-state index is 12.8. The summed E-state index contributed by atoms with van der Waals surface area (Å²) in [5.74, 6) is -0.686. The highest BCUT2D eigenvalue weighted by molar-refractivity contribution is 5.91. The lowest BCUT2D eigenvalue weighted by Crippen LogP contribution is -2.29. The van der Waals surface area contributed by atoms with Gasteiger partial charge in [-0.3, -0.25) is 9.59 Å². The van der Waals surface area contributed by atoms with Gasteiger partial charge in [-0.1, -0.05) is 25.5 Å². The van der Waals surface area contributed by atoms with Crippen molar-refractivity contribution in [2.75, 3.05) is 0 Å². The Hall–Kier alpha value is -2.50. The molecule has 116 valence electrons. The van der Waals surface area contributed by atoms with E-state index in [0.717, 1.165) is 18.4 Å². The molecule has 0 radical (unpaired) electrons. The van der Waals surface area contributed by atoms with Crippen molar-refractivity contribution < 1.29 is 9.18 Å². The van der Waals surface area contributed by atoms with Crippen molar-refractivity contribution in [3.63, 3.8) is 0 Å². The number of nitrogens with one attached hydrogen (secondary N) is 1. The van der Waals surface area contributed by atoms with Crippen LogP contribution in [0.25, 0.3) is 0 Å². The number of hydrogen-bond acceptors (Lipinski definition) is 3. The van der Waals surface area contributed by atoms with E-state index in [1.165, 1.54) is 28.9 Å². The molecular formula is C16H18FN3O2. The number of carbonyl (C=O) groups excluding carboxylic acids is 1. The molecule has 0 saturated heterocycles. The summed E-state index contributed by atoms with van der Waals surface area (Å²) < 4.78 is 14.1. The van der Waals surface area contributed by atoms with Gasteiger partial charge in [-0.15, -0.1) is 0 Å². The Kier molecular flexibility index (Phi) is 5.41. The molecule has 22 heavy (non-hydrogen) atoms. The van der Waals surface area contributed by atoms with Crippen LogP contribution in [0.15, 0.2) is 41.2 Å². The first kappa shape index (κ1) is 15.9. The van der Waals surface area contributed by atoms with Gasteiger partial charge in [0.15, 0.2) is 0 Å². The van der Waals surface area contributed by atoms with Crippen molar-refractivity contribution in [3.05, 3.63) is 63.8 Å². The maximum atomic E-state index is 12.8. The Morgan fingerprint density at radius 3 is 2.64 bits per heavy atom. The van der Waals surface area contributed by atoms with Gasteiger partial charge in [0.25, 0.3) is 11.5 Å². The van der Waals surface area contributed by atoms with E-state index >= 15 is 0 Å². The molecule has 2 aromatic rings. The Morgan fingerprint density at radius 1 is 1.23 bits per heavy atom. The van der Waals surface area contributed by atoms with Crippen LogP contribution in [0.1, 0.15) is 35.8 Å². The molecule has 1 aromatic carbocycles. The Morgan fingerprint density at radius 2 is 1.95 bits per heavy atom. The molecule has 0 aliphatic heterocycles. The number of unbranched alkanes of at least 4 members (excludes halogenated alkanes) is 1. The van der Waals surface area contributed by atoms with Crippen molar-refractivity contribution in [1.82, 2.24) is 15.1 Å². The summed E-state index contributed by atoms with van der Waals surface area (Å²) in [6.45, 7) is 2.79. The summed E-state index contributed by atoms with van der Waals surface area (Å²) in [4.78, 5) is 23.7. The van der Waals surface area contributed by atoms with Gasteiger partial charge >= 0.3 is 0 Å². The third-order valence-electron chi connectivity index (χ3n) is 3.19. The molecule has 0 spiro atoms. The van der Waals surface area contributed by atoms with Gasteiger partial charge in [0.2, 0.25) is 0 Å². The van der Waals surface area contributed by atoms with Crippen molar-refractivity contribution >= 4 is 5.91 Å². The van der Waals surface area contributed by atoms with E-state index in [9.17, 15) is 14.0 Å². The molecule has 0 aliphatic carbocycles. The minimum absolute atomic E-state index is 0.192. The van der Waals surface area contributed by atoms with Crippen molar-refractivity contribution in [2.45, 2.75) is 32.9 Å². The third-order valence-corrected chi connectivity index (χ3v) is 3.19. The van der Waals surface area contributed by atoms with Crippen molar-refractivity contribution in [1.29, 1.82) is 0 Å². The molecule has 0 bridgehead atoms. The zero-order valence-corrected chi connectivity index (χ0v) is 12.4.